The first kappa shape index (κ1) is 23.8. The molecule has 1 amide bonds. The Labute approximate surface area is 206 Å². The van der Waals surface area contributed by atoms with E-state index in [9.17, 15) is 9.59 Å². The minimum absolute atomic E-state index is 0.360. The molecule has 0 spiro atoms. The van der Waals surface area contributed by atoms with Gasteiger partial charge in [-0.3, -0.25) is 4.79 Å². The van der Waals surface area contributed by atoms with Crippen LogP contribution in [-0.4, -0.2) is 49.7 Å². The summed E-state index contributed by atoms with van der Waals surface area (Å²) in [5.41, 5.74) is 2.09. The molecule has 0 saturated heterocycles. The lowest BCUT2D eigenvalue weighted by Gasteiger charge is -2.23. The Kier molecular flexibility index (Phi) is 7.54. The highest BCUT2D eigenvalue weighted by Crippen LogP contribution is 2.38. The van der Waals surface area contributed by atoms with Gasteiger partial charge in [0.25, 0.3) is 5.91 Å². The van der Waals surface area contributed by atoms with E-state index in [1.807, 2.05) is 48.0 Å². The van der Waals surface area contributed by atoms with E-state index in [-0.39, 0.29) is 6.04 Å². The maximum Gasteiger partial charge on any atom is 0.339 e. The Hall–Kier alpha value is -3.30. The fourth-order valence-corrected chi connectivity index (χ4v) is 5.04. The highest BCUT2D eigenvalue weighted by atomic mass is 32.2. The number of amides is 1. The van der Waals surface area contributed by atoms with Gasteiger partial charge in [0.15, 0.2) is 18.1 Å². The van der Waals surface area contributed by atoms with Gasteiger partial charge in [-0.15, -0.1) is 23.1 Å². The Morgan fingerprint density at radius 3 is 2.59 bits per heavy atom. The lowest BCUT2D eigenvalue weighted by atomic mass is 10.0. The summed E-state index contributed by atoms with van der Waals surface area (Å²) in [6.45, 7) is -0.410. The third kappa shape index (κ3) is 4.95. The molecular formula is C25H24N2O5S2. The first-order chi connectivity index (χ1) is 16.5. The third-order valence-electron chi connectivity index (χ3n) is 5.42. The van der Waals surface area contributed by atoms with Crippen molar-refractivity contribution < 1.29 is 23.8 Å². The van der Waals surface area contributed by atoms with Gasteiger partial charge in [0, 0.05) is 11.3 Å². The number of rotatable bonds is 8. The van der Waals surface area contributed by atoms with Crippen molar-refractivity contribution in [1.29, 1.82) is 0 Å². The van der Waals surface area contributed by atoms with Gasteiger partial charge in [-0.1, -0.05) is 24.3 Å². The first-order valence-corrected chi connectivity index (χ1v) is 12.6. The fourth-order valence-electron chi connectivity index (χ4n) is 3.74. The zero-order valence-electron chi connectivity index (χ0n) is 19.0. The summed E-state index contributed by atoms with van der Waals surface area (Å²) in [7, 11) is 3.14. The van der Waals surface area contributed by atoms with E-state index in [1.165, 1.54) is 16.8 Å². The maximum atomic E-state index is 13.2. The van der Waals surface area contributed by atoms with Crippen molar-refractivity contribution in [3.63, 3.8) is 0 Å². The monoisotopic (exact) mass is 496 g/mol. The van der Waals surface area contributed by atoms with Gasteiger partial charge < -0.3 is 14.2 Å². The summed E-state index contributed by atoms with van der Waals surface area (Å²) in [5.74, 6) is 0.226. The van der Waals surface area contributed by atoms with Crippen LogP contribution in [0.3, 0.4) is 0 Å². The van der Waals surface area contributed by atoms with Crippen LogP contribution >= 0.6 is 23.1 Å². The van der Waals surface area contributed by atoms with Crippen molar-refractivity contribution in [1.82, 2.24) is 5.01 Å². The zero-order valence-corrected chi connectivity index (χ0v) is 20.7. The molecule has 2 aromatic carbocycles. The number of thioether (sulfide) groups is 1. The highest BCUT2D eigenvalue weighted by molar-refractivity contribution is 7.98. The highest BCUT2D eigenvalue weighted by Gasteiger charge is 2.34. The summed E-state index contributed by atoms with van der Waals surface area (Å²) < 4.78 is 16.2. The second-order valence-corrected chi connectivity index (χ2v) is 9.17. The minimum atomic E-state index is -0.539. The van der Waals surface area contributed by atoms with Gasteiger partial charge in [-0.2, -0.15) is 5.10 Å². The van der Waals surface area contributed by atoms with Crippen molar-refractivity contribution >= 4 is 40.7 Å². The topological polar surface area (TPSA) is 77.4 Å². The van der Waals surface area contributed by atoms with Gasteiger partial charge in [0.1, 0.15) is 0 Å². The lowest BCUT2D eigenvalue weighted by Crippen LogP contribution is -2.31. The molecule has 0 aliphatic carbocycles. The summed E-state index contributed by atoms with van der Waals surface area (Å²) >= 11 is 3.01. The predicted molar refractivity (Wildman–Crippen MR) is 133 cm³/mol. The quantitative estimate of drug-likeness (QED) is 0.322. The summed E-state index contributed by atoms with van der Waals surface area (Å²) in [6.07, 6.45) is 2.42. The number of hydrogen-bond acceptors (Lipinski definition) is 8. The largest absolute Gasteiger partial charge is 0.493 e. The molecule has 0 N–H and O–H groups in total. The minimum Gasteiger partial charge on any atom is -0.493 e. The van der Waals surface area contributed by atoms with Crippen molar-refractivity contribution in [3.05, 3.63) is 76.0 Å². The smallest absolute Gasteiger partial charge is 0.339 e. The number of carbonyl (C=O) groups excluding carboxylic acids is 2. The number of carbonyl (C=O) groups is 2. The number of nitrogens with zero attached hydrogens (tertiary/aromatic N) is 2. The number of hydrogen-bond donors (Lipinski definition) is 0. The number of thiophene rings is 1. The van der Waals surface area contributed by atoms with E-state index in [1.54, 1.807) is 43.8 Å². The molecule has 34 heavy (non-hydrogen) atoms. The van der Waals surface area contributed by atoms with Gasteiger partial charge in [-0.25, -0.2) is 9.80 Å². The van der Waals surface area contributed by atoms with E-state index in [0.29, 0.717) is 23.5 Å². The van der Waals surface area contributed by atoms with Crippen LogP contribution < -0.4 is 9.47 Å². The summed E-state index contributed by atoms with van der Waals surface area (Å²) in [4.78, 5) is 27.6. The average molecular weight is 497 g/mol. The Bertz CT molecular complexity index is 1210. The van der Waals surface area contributed by atoms with E-state index in [2.05, 4.69) is 5.10 Å². The van der Waals surface area contributed by atoms with Crippen LogP contribution in [0.25, 0.3) is 0 Å². The number of benzene rings is 2. The molecular weight excluding hydrogens is 472 g/mol. The Morgan fingerprint density at radius 2 is 1.88 bits per heavy atom. The molecule has 7 nitrogen and oxygen atoms in total. The second-order valence-electron chi connectivity index (χ2n) is 7.37. The molecule has 2 heterocycles. The third-order valence-corrected chi connectivity index (χ3v) is 7.13. The molecule has 1 aliphatic heterocycles. The second kappa shape index (κ2) is 10.8. The van der Waals surface area contributed by atoms with Gasteiger partial charge in [-0.05, 0) is 47.5 Å². The first-order valence-electron chi connectivity index (χ1n) is 10.5. The molecule has 4 rings (SSSR count). The molecule has 3 aromatic rings. The number of methoxy groups -OCH3 is 2. The van der Waals surface area contributed by atoms with Gasteiger partial charge in [0.2, 0.25) is 0 Å². The Balaban J connectivity index is 1.57. The van der Waals surface area contributed by atoms with Crippen molar-refractivity contribution in [2.24, 2.45) is 5.10 Å². The number of esters is 1. The molecule has 0 fully saturated rings. The number of hydrazone groups is 1. The molecule has 0 saturated carbocycles. The van der Waals surface area contributed by atoms with E-state index in [4.69, 9.17) is 14.2 Å². The van der Waals surface area contributed by atoms with Gasteiger partial charge in [0.05, 0.1) is 36.4 Å². The van der Waals surface area contributed by atoms with Crippen LogP contribution in [0.4, 0.5) is 0 Å². The molecule has 176 valence electrons. The van der Waals surface area contributed by atoms with Crippen LogP contribution in [0.2, 0.25) is 0 Å². The molecule has 1 unspecified atom stereocenters. The van der Waals surface area contributed by atoms with E-state index in [0.717, 1.165) is 21.0 Å². The van der Waals surface area contributed by atoms with E-state index >= 15 is 0 Å². The van der Waals surface area contributed by atoms with Crippen LogP contribution in [0.5, 0.6) is 11.5 Å². The standard InChI is InChI=1S/C25H24N2O5S2/c1-30-20-11-10-16(13-21(20)31-2)19-14-18(23-9-6-12-34-23)26-27(19)24(28)15-32-25(29)17-7-4-5-8-22(17)33-3/h4-13,19H,14-15H2,1-3H3. The van der Waals surface area contributed by atoms with Crippen LogP contribution in [0, 0.1) is 0 Å². The van der Waals surface area contributed by atoms with Crippen molar-refractivity contribution in [2.45, 2.75) is 17.4 Å². The van der Waals surface area contributed by atoms with Crippen LogP contribution in [0.15, 0.2) is 70.0 Å². The molecule has 1 aromatic heterocycles. The fraction of sp³-hybridized carbons (Fsp3) is 0.240. The predicted octanol–water partition coefficient (Wildman–Crippen LogP) is 5.02. The molecule has 9 heteroatoms. The lowest BCUT2D eigenvalue weighted by molar-refractivity contribution is -0.136. The SMILES string of the molecule is COc1ccc(C2CC(c3cccs3)=NN2C(=O)COC(=O)c2ccccc2SC)cc1OC. The molecule has 1 atom stereocenters. The number of ether oxygens (including phenoxy) is 3. The molecule has 0 bridgehead atoms. The summed E-state index contributed by atoms with van der Waals surface area (Å²) in [5, 5.41) is 7.99. The normalized spacial score (nSPS) is 15.1. The van der Waals surface area contributed by atoms with E-state index < -0.39 is 18.5 Å². The van der Waals surface area contributed by atoms with Gasteiger partial charge >= 0.3 is 5.97 Å². The zero-order chi connectivity index (χ0) is 24.1. The maximum absolute atomic E-state index is 13.2. The average Bonchev–Trinajstić information content (AvgIpc) is 3.57. The van der Waals surface area contributed by atoms with Crippen molar-refractivity contribution in [3.8, 4) is 11.5 Å². The van der Waals surface area contributed by atoms with Crippen LogP contribution in [0.1, 0.15) is 33.3 Å². The van der Waals surface area contributed by atoms with Crippen LogP contribution in [-0.2, 0) is 9.53 Å². The molecule has 1 aliphatic rings. The summed E-state index contributed by atoms with van der Waals surface area (Å²) in [6, 6.07) is 16.3. The van der Waals surface area contributed by atoms with Crippen molar-refractivity contribution in [2.75, 3.05) is 27.1 Å². The Morgan fingerprint density at radius 1 is 1.09 bits per heavy atom. The molecule has 0 radical (unpaired) electrons.